The predicted molar refractivity (Wildman–Crippen MR) is 85.3 cm³/mol. The van der Waals surface area contributed by atoms with E-state index in [2.05, 4.69) is 29.6 Å². The minimum absolute atomic E-state index is 0.143. The van der Waals surface area contributed by atoms with E-state index in [4.69, 9.17) is 11.6 Å². The molecule has 21 heavy (non-hydrogen) atoms. The third-order valence-electron chi connectivity index (χ3n) is 4.48. The van der Waals surface area contributed by atoms with Crippen molar-refractivity contribution in [2.45, 2.75) is 25.8 Å². The van der Waals surface area contributed by atoms with Crippen LogP contribution >= 0.6 is 11.6 Å². The summed E-state index contributed by atoms with van der Waals surface area (Å²) < 4.78 is 13.6. The molecule has 1 nitrogen and oxygen atoms in total. The fraction of sp³-hybridized carbons (Fsp3) is 0.333. The molecular formula is C18H19ClFN. The second-order valence-corrected chi connectivity index (χ2v) is 6.23. The molecule has 0 amide bonds. The average molecular weight is 304 g/mol. The van der Waals surface area contributed by atoms with Crippen LogP contribution < -0.4 is 5.32 Å². The Bertz CT molecular complexity index is 643. The fourth-order valence-corrected chi connectivity index (χ4v) is 3.66. The van der Waals surface area contributed by atoms with Crippen LogP contribution in [0.15, 0.2) is 36.4 Å². The van der Waals surface area contributed by atoms with Crippen molar-refractivity contribution in [2.75, 3.05) is 7.05 Å². The van der Waals surface area contributed by atoms with Gasteiger partial charge < -0.3 is 5.32 Å². The summed E-state index contributed by atoms with van der Waals surface area (Å²) in [6.07, 6.45) is 2.07. The SMILES string of the molecule is CNC(c1cc(C)c(F)cc1Cl)C1Cc2ccccc2C1. The molecular weight excluding hydrogens is 285 g/mol. The van der Waals surface area contributed by atoms with Crippen LogP contribution in [-0.2, 0) is 12.8 Å². The van der Waals surface area contributed by atoms with Gasteiger partial charge in [-0.1, -0.05) is 41.9 Å². The normalized spacial score (nSPS) is 16.0. The Morgan fingerprint density at radius 2 is 1.81 bits per heavy atom. The first kappa shape index (κ1) is 14.6. The number of halogens is 2. The van der Waals surface area contributed by atoms with Gasteiger partial charge in [0.2, 0.25) is 0 Å². The van der Waals surface area contributed by atoms with Gasteiger partial charge in [-0.25, -0.2) is 4.39 Å². The molecule has 0 fully saturated rings. The van der Waals surface area contributed by atoms with E-state index >= 15 is 0 Å². The van der Waals surface area contributed by atoms with E-state index in [9.17, 15) is 4.39 Å². The van der Waals surface area contributed by atoms with Crippen molar-refractivity contribution in [3.8, 4) is 0 Å². The molecule has 3 heteroatoms. The zero-order valence-corrected chi connectivity index (χ0v) is 13.0. The lowest BCUT2D eigenvalue weighted by molar-refractivity contribution is 0.396. The maximum atomic E-state index is 13.6. The van der Waals surface area contributed by atoms with Gasteiger partial charge in [-0.05, 0) is 61.1 Å². The van der Waals surface area contributed by atoms with E-state index in [0.717, 1.165) is 18.4 Å². The Morgan fingerprint density at radius 1 is 1.19 bits per heavy atom. The summed E-state index contributed by atoms with van der Waals surface area (Å²) in [5.74, 6) is 0.211. The first-order valence-electron chi connectivity index (χ1n) is 7.29. The van der Waals surface area contributed by atoms with Gasteiger partial charge >= 0.3 is 0 Å². The molecule has 1 aliphatic carbocycles. The average Bonchev–Trinajstić information content (AvgIpc) is 2.88. The van der Waals surface area contributed by atoms with Crippen LogP contribution in [0.25, 0.3) is 0 Å². The number of benzene rings is 2. The standard InChI is InChI=1S/C18H19ClFN/c1-11-7-15(16(19)10-17(11)20)18(21-2)14-8-12-5-3-4-6-13(12)9-14/h3-7,10,14,18,21H,8-9H2,1-2H3. The van der Waals surface area contributed by atoms with Crippen LogP contribution in [0.4, 0.5) is 4.39 Å². The van der Waals surface area contributed by atoms with Crippen molar-refractivity contribution >= 4 is 11.6 Å². The minimum Gasteiger partial charge on any atom is -0.313 e. The van der Waals surface area contributed by atoms with Gasteiger partial charge in [-0.15, -0.1) is 0 Å². The van der Waals surface area contributed by atoms with Gasteiger partial charge in [0, 0.05) is 11.1 Å². The number of nitrogens with one attached hydrogen (secondary N) is 1. The third-order valence-corrected chi connectivity index (χ3v) is 4.81. The second-order valence-electron chi connectivity index (χ2n) is 5.83. The van der Waals surface area contributed by atoms with Gasteiger partial charge in [0.05, 0.1) is 0 Å². The molecule has 0 aliphatic heterocycles. The Hall–Kier alpha value is -1.38. The van der Waals surface area contributed by atoms with Crippen LogP contribution in [-0.4, -0.2) is 7.05 Å². The fourth-order valence-electron chi connectivity index (χ4n) is 3.39. The highest BCUT2D eigenvalue weighted by Gasteiger charge is 2.30. The van der Waals surface area contributed by atoms with Crippen LogP contribution in [0.3, 0.4) is 0 Å². The molecule has 0 heterocycles. The molecule has 1 aliphatic rings. The van der Waals surface area contributed by atoms with Crippen LogP contribution in [0.1, 0.15) is 28.3 Å². The number of aryl methyl sites for hydroxylation is 1. The molecule has 0 saturated heterocycles. The number of hydrogen-bond donors (Lipinski definition) is 1. The van der Waals surface area contributed by atoms with Gasteiger partial charge in [0.25, 0.3) is 0 Å². The van der Waals surface area contributed by atoms with Crippen molar-refractivity contribution in [3.05, 3.63) is 69.5 Å². The molecule has 0 bridgehead atoms. The first-order chi connectivity index (χ1) is 10.1. The smallest absolute Gasteiger partial charge is 0.127 e. The molecule has 1 N–H and O–H groups in total. The van der Waals surface area contributed by atoms with Crippen molar-refractivity contribution in [3.63, 3.8) is 0 Å². The summed E-state index contributed by atoms with van der Waals surface area (Å²) in [7, 11) is 1.95. The van der Waals surface area contributed by atoms with E-state index in [0.29, 0.717) is 16.5 Å². The largest absolute Gasteiger partial charge is 0.313 e. The van der Waals surface area contributed by atoms with Crippen molar-refractivity contribution < 1.29 is 4.39 Å². The van der Waals surface area contributed by atoms with E-state index < -0.39 is 0 Å². The zero-order valence-electron chi connectivity index (χ0n) is 12.3. The summed E-state index contributed by atoms with van der Waals surface area (Å²) in [4.78, 5) is 0. The van der Waals surface area contributed by atoms with E-state index in [1.165, 1.54) is 17.2 Å². The monoisotopic (exact) mass is 303 g/mol. The lowest BCUT2D eigenvalue weighted by atomic mass is 9.90. The molecule has 0 aromatic heterocycles. The maximum absolute atomic E-state index is 13.6. The van der Waals surface area contributed by atoms with Gasteiger partial charge in [0.1, 0.15) is 5.82 Å². The highest BCUT2D eigenvalue weighted by Crippen LogP contribution is 2.38. The molecule has 0 spiro atoms. The summed E-state index contributed by atoms with van der Waals surface area (Å²) in [6.45, 7) is 1.78. The van der Waals surface area contributed by atoms with E-state index in [1.54, 1.807) is 6.92 Å². The van der Waals surface area contributed by atoms with E-state index in [1.807, 2.05) is 13.1 Å². The Balaban J connectivity index is 1.92. The summed E-state index contributed by atoms with van der Waals surface area (Å²) in [6, 6.07) is 12.0. The molecule has 1 atom stereocenters. The summed E-state index contributed by atoms with van der Waals surface area (Å²) in [5, 5.41) is 3.88. The molecule has 0 radical (unpaired) electrons. The highest BCUT2D eigenvalue weighted by atomic mass is 35.5. The van der Waals surface area contributed by atoms with Gasteiger partial charge in [-0.3, -0.25) is 0 Å². The van der Waals surface area contributed by atoms with Crippen LogP contribution in [0, 0.1) is 18.7 Å². The number of hydrogen-bond acceptors (Lipinski definition) is 1. The maximum Gasteiger partial charge on any atom is 0.127 e. The van der Waals surface area contributed by atoms with Crippen molar-refractivity contribution in [2.24, 2.45) is 5.92 Å². The Kier molecular flexibility index (Phi) is 4.01. The first-order valence-corrected chi connectivity index (χ1v) is 7.67. The molecule has 110 valence electrons. The topological polar surface area (TPSA) is 12.0 Å². The van der Waals surface area contributed by atoms with Crippen LogP contribution in [0.2, 0.25) is 5.02 Å². The van der Waals surface area contributed by atoms with Gasteiger partial charge in [0.15, 0.2) is 0 Å². The zero-order chi connectivity index (χ0) is 15.0. The van der Waals surface area contributed by atoms with Crippen LogP contribution in [0.5, 0.6) is 0 Å². The minimum atomic E-state index is -0.242. The van der Waals surface area contributed by atoms with Crippen molar-refractivity contribution in [1.29, 1.82) is 0 Å². The number of rotatable bonds is 3. The lowest BCUT2D eigenvalue weighted by Crippen LogP contribution is -2.26. The Labute approximate surface area is 130 Å². The molecule has 3 rings (SSSR count). The lowest BCUT2D eigenvalue weighted by Gasteiger charge is -2.25. The third kappa shape index (κ3) is 2.70. The Morgan fingerprint density at radius 3 is 2.38 bits per heavy atom. The second kappa shape index (κ2) is 5.78. The molecule has 2 aromatic rings. The molecule has 2 aromatic carbocycles. The summed E-state index contributed by atoms with van der Waals surface area (Å²) >= 11 is 6.28. The highest BCUT2D eigenvalue weighted by molar-refractivity contribution is 6.31. The van der Waals surface area contributed by atoms with Gasteiger partial charge in [-0.2, -0.15) is 0 Å². The van der Waals surface area contributed by atoms with Crippen molar-refractivity contribution in [1.82, 2.24) is 5.32 Å². The number of fused-ring (bicyclic) bond motifs is 1. The quantitative estimate of drug-likeness (QED) is 0.882. The van der Waals surface area contributed by atoms with E-state index in [-0.39, 0.29) is 11.9 Å². The molecule has 0 saturated carbocycles. The molecule has 1 unspecified atom stereocenters. The summed E-state index contributed by atoms with van der Waals surface area (Å²) in [5.41, 5.74) is 4.47. The predicted octanol–water partition coefficient (Wildman–Crippen LogP) is 4.46.